The lowest BCUT2D eigenvalue weighted by molar-refractivity contribution is -0.117. The average molecular weight is 437 g/mol. The summed E-state index contributed by atoms with van der Waals surface area (Å²) in [6.07, 6.45) is 0. The van der Waals surface area contributed by atoms with Crippen molar-refractivity contribution in [3.63, 3.8) is 0 Å². The number of Topliss-reactive ketones (excluding diaryl/α,β-unsaturated/α-hetero) is 1. The van der Waals surface area contributed by atoms with Crippen molar-refractivity contribution in [1.29, 1.82) is 10.5 Å². The van der Waals surface area contributed by atoms with Gasteiger partial charge in [0, 0.05) is 0 Å². The first-order chi connectivity index (χ1) is 14.0. The molecule has 0 N–H and O–H groups in total. The number of nitriles is 2. The normalized spacial score (nSPS) is 15.3. The molecule has 0 aliphatic carbocycles. The number of carbonyl (C=O) groups excluding carboxylic acids is 1. The maximum Gasteiger partial charge on any atom is 0.154 e. The van der Waals surface area contributed by atoms with Crippen molar-refractivity contribution in [3.8, 4) is 12.1 Å². The second-order valence-electron chi connectivity index (χ2n) is 6.52. The SMILES string of the molecule is CC(=O)[C@H](Cl)[C@@](C#N)(c1nc2ccccc2s1)[C@H](C#N)c1nc2ccccc2s1. The molecule has 0 spiro atoms. The predicted octanol–water partition coefficient (Wildman–Crippen LogP) is 5.17. The number of halogens is 1. The third-order valence-electron chi connectivity index (χ3n) is 4.73. The molecular formula is C21H13ClN4OS2. The third-order valence-corrected chi connectivity index (χ3v) is 7.67. The van der Waals surface area contributed by atoms with Crippen molar-refractivity contribution in [1.82, 2.24) is 9.97 Å². The highest BCUT2D eigenvalue weighted by Crippen LogP contribution is 2.47. The molecule has 4 rings (SSSR count). The Labute approximate surface area is 179 Å². The van der Waals surface area contributed by atoms with Gasteiger partial charge in [-0.2, -0.15) is 10.5 Å². The van der Waals surface area contributed by atoms with E-state index in [4.69, 9.17) is 11.6 Å². The zero-order chi connectivity index (χ0) is 20.6. The van der Waals surface area contributed by atoms with Crippen LogP contribution in [0.15, 0.2) is 48.5 Å². The lowest BCUT2D eigenvalue weighted by Crippen LogP contribution is -2.44. The van der Waals surface area contributed by atoms with Gasteiger partial charge in [0.1, 0.15) is 27.1 Å². The van der Waals surface area contributed by atoms with Gasteiger partial charge in [0.15, 0.2) is 5.41 Å². The monoisotopic (exact) mass is 436 g/mol. The molecule has 4 aromatic rings. The van der Waals surface area contributed by atoms with Gasteiger partial charge in [0.05, 0.1) is 32.6 Å². The molecule has 142 valence electrons. The summed E-state index contributed by atoms with van der Waals surface area (Å²) >= 11 is 9.14. The summed E-state index contributed by atoms with van der Waals surface area (Å²) in [6.45, 7) is 1.32. The Kier molecular flexibility index (Phi) is 5.06. The fourth-order valence-corrected chi connectivity index (χ4v) is 5.88. The number of fused-ring (bicyclic) bond motifs is 2. The second-order valence-corrected chi connectivity index (χ2v) is 9.05. The number of thiazole rings is 2. The van der Waals surface area contributed by atoms with Gasteiger partial charge in [-0.05, 0) is 31.2 Å². The quantitative estimate of drug-likeness (QED) is 0.402. The van der Waals surface area contributed by atoms with Gasteiger partial charge in [0.25, 0.3) is 0 Å². The van der Waals surface area contributed by atoms with Gasteiger partial charge in [-0.25, -0.2) is 9.97 Å². The zero-order valence-corrected chi connectivity index (χ0v) is 17.6. The van der Waals surface area contributed by atoms with E-state index in [2.05, 4.69) is 22.1 Å². The maximum absolute atomic E-state index is 12.3. The second kappa shape index (κ2) is 7.53. The van der Waals surface area contributed by atoms with Gasteiger partial charge in [-0.1, -0.05) is 24.3 Å². The molecule has 0 fully saturated rings. The van der Waals surface area contributed by atoms with E-state index in [0.29, 0.717) is 15.5 Å². The molecule has 0 unspecified atom stereocenters. The van der Waals surface area contributed by atoms with Crippen LogP contribution in [0.5, 0.6) is 0 Å². The smallest absolute Gasteiger partial charge is 0.154 e. The van der Waals surface area contributed by atoms with Crippen LogP contribution in [0.4, 0.5) is 0 Å². The standard InChI is InChI=1S/C21H13ClN4OS2/c1-12(27)18(22)21(11-24,20-26-15-7-3-5-9-17(15)29-20)13(10-23)19-25-14-6-2-4-8-16(14)28-19/h2-9,13,18H,1H3/t13-,18+,21+/m1/s1. The summed E-state index contributed by atoms with van der Waals surface area (Å²) in [7, 11) is 0. The van der Waals surface area contributed by atoms with E-state index < -0.39 is 22.5 Å². The number of hydrogen-bond acceptors (Lipinski definition) is 7. The first kappa shape index (κ1) is 19.5. The van der Waals surface area contributed by atoms with E-state index in [1.54, 1.807) is 0 Å². The van der Waals surface area contributed by atoms with Crippen LogP contribution in [0.3, 0.4) is 0 Å². The van der Waals surface area contributed by atoms with Crippen molar-refractivity contribution < 1.29 is 4.79 Å². The number of para-hydroxylation sites is 2. The van der Waals surface area contributed by atoms with Gasteiger partial charge < -0.3 is 0 Å². The Morgan fingerprint density at radius 1 is 1.03 bits per heavy atom. The Morgan fingerprint density at radius 2 is 1.62 bits per heavy atom. The molecule has 3 atom stereocenters. The Bertz CT molecular complexity index is 1250. The fraction of sp³-hybridized carbons (Fsp3) is 0.190. The van der Waals surface area contributed by atoms with E-state index in [-0.39, 0.29) is 0 Å². The molecule has 0 saturated carbocycles. The number of carbonyl (C=O) groups is 1. The van der Waals surface area contributed by atoms with Crippen LogP contribution in [-0.4, -0.2) is 21.1 Å². The van der Waals surface area contributed by atoms with E-state index >= 15 is 0 Å². The molecule has 5 nitrogen and oxygen atoms in total. The number of hydrogen-bond donors (Lipinski definition) is 0. The summed E-state index contributed by atoms with van der Waals surface area (Å²) < 4.78 is 1.75. The molecule has 0 aliphatic rings. The first-order valence-corrected chi connectivity index (χ1v) is 10.7. The highest BCUT2D eigenvalue weighted by atomic mass is 35.5. The van der Waals surface area contributed by atoms with Crippen molar-refractivity contribution in [2.24, 2.45) is 0 Å². The van der Waals surface area contributed by atoms with E-state index in [9.17, 15) is 15.3 Å². The topological polar surface area (TPSA) is 90.4 Å². The van der Waals surface area contributed by atoms with Crippen molar-refractivity contribution in [2.75, 3.05) is 0 Å². The minimum atomic E-state index is -1.65. The minimum absolute atomic E-state index is 0.349. The number of benzene rings is 2. The van der Waals surface area contributed by atoms with Crippen LogP contribution < -0.4 is 0 Å². The average Bonchev–Trinajstić information content (AvgIpc) is 3.35. The Morgan fingerprint density at radius 3 is 2.14 bits per heavy atom. The number of nitrogens with zero attached hydrogens (tertiary/aromatic N) is 4. The number of ketones is 1. The number of aromatic nitrogens is 2. The van der Waals surface area contributed by atoms with E-state index in [1.165, 1.54) is 29.6 Å². The molecule has 0 bridgehead atoms. The summed E-state index contributed by atoms with van der Waals surface area (Å²) in [6, 6.07) is 19.3. The molecule has 2 aromatic carbocycles. The minimum Gasteiger partial charge on any atom is -0.298 e. The van der Waals surface area contributed by atoms with Gasteiger partial charge in [-0.15, -0.1) is 34.3 Å². The molecule has 8 heteroatoms. The summed E-state index contributed by atoms with van der Waals surface area (Å²) in [5, 5.41) is 20.0. The van der Waals surface area contributed by atoms with Crippen molar-refractivity contribution >= 4 is 60.5 Å². The predicted molar refractivity (Wildman–Crippen MR) is 115 cm³/mol. The van der Waals surface area contributed by atoms with Crippen LogP contribution in [-0.2, 0) is 10.2 Å². The van der Waals surface area contributed by atoms with Gasteiger partial charge >= 0.3 is 0 Å². The molecule has 2 aromatic heterocycles. The van der Waals surface area contributed by atoms with Crippen LogP contribution in [0, 0.1) is 22.7 Å². The molecule has 29 heavy (non-hydrogen) atoms. The highest BCUT2D eigenvalue weighted by Gasteiger charge is 2.53. The summed E-state index contributed by atoms with van der Waals surface area (Å²) in [5.41, 5.74) is -0.224. The van der Waals surface area contributed by atoms with Crippen LogP contribution in [0.25, 0.3) is 20.4 Å². The van der Waals surface area contributed by atoms with Crippen molar-refractivity contribution in [3.05, 3.63) is 58.5 Å². The Balaban J connectivity index is 1.99. The molecule has 2 heterocycles. The Hall–Kier alpha value is -2.84. The lowest BCUT2D eigenvalue weighted by Gasteiger charge is -2.30. The molecular weight excluding hydrogens is 424 g/mol. The van der Waals surface area contributed by atoms with Crippen molar-refractivity contribution in [2.45, 2.75) is 23.6 Å². The van der Waals surface area contributed by atoms with Crippen LogP contribution in [0.2, 0.25) is 0 Å². The van der Waals surface area contributed by atoms with E-state index in [1.807, 2.05) is 48.5 Å². The fourth-order valence-electron chi connectivity index (χ4n) is 3.28. The number of rotatable bonds is 5. The highest BCUT2D eigenvalue weighted by molar-refractivity contribution is 7.19. The largest absolute Gasteiger partial charge is 0.298 e. The molecule has 0 radical (unpaired) electrons. The van der Waals surface area contributed by atoms with Gasteiger partial charge in [-0.3, -0.25) is 4.79 Å². The molecule has 0 aliphatic heterocycles. The maximum atomic E-state index is 12.3. The van der Waals surface area contributed by atoms with Crippen LogP contribution in [0.1, 0.15) is 22.9 Å². The molecule has 0 amide bonds. The summed E-state index contributed by atoms with van der Waals surface area (Å²) in [4.78, 5) is 21.5. The lowest BCUT2D eigenvalue weighted by atomic mass is 9.73. The summed E-state index contributed by atoms with van der Waals surface area (Å²) in [5.74, 6) is -1.44. The zero-order valence-electron chi connectivity index (χ0n) is 15.2. The first-order valence-electron chi connectivity index (χ1n) is 8.68. The van der Waals surface area contributed by atoms with Crippen LogP contribution >= 0.6 is 34.3 Å². The number of alkyl halides is 1. The molecule has 0 saturated heterocycles. The van der Waals surface area contributed by atoms with E-state index in [0.717, 1.165) is 14.9 Å². The third kappa shape index (κ3) is 3.08. The van der Waals surface area contributed by atoms with Gasteiger partial charge in [0.2, 0.25) is 0 Å².